The van der Waals surface area contributed by atoms with Gasteiger partial charge in [0, 0.05) is 60.5 Å². The van der Waals surface area contributed by atoms with E-state index in [0.717, 1.165) is 42.9 Å². The number of nitrogens with one attached hydrogen (secondary N) is 2. The summed E-state index contributed by atoms with van der Waals surface area (Å²) in [4.78, 5) is 78.0. The molecule has 1 aliphatic carbocycles. The monoisotopic (exact) mass is 894 g/mol. The summed E-state index contributed by atoms with van der Waals surface area (Å²) in [6.45, 7) is 14.5. The van der Waals surface area contributed by atoms with Gasteiger partial charge in [0.05, 0.1) is 24.3 Å². The minimum atomic E-state index is -1.09. The molecule has 2 fully saturated rings. The molecule has 3 N–H and O–H groups in total. The SMILES string of the molecule is C=CC(=O)N1CC[C@H](C(=O)N(C)[C@H](C(=O)N[C@H]2CC3C=C(O)C=C(C3)c3ccc4sc(-c5cccnc5[C@H](C)OC)c(c4c3)CC(C)(C)COC(=O)[C@@H]3CCCN(N3)C2=O)C(C)C)C1. The molecule has 2 aromatic heterocycles. The first-order chi connectivity index (χ1) is 30.5. The van der Waals surface area contributed by atoms with E-state index in [1.165, 1.54) is 16.0 Å². The zero-order valence-electron chi connectivity index (χ0n) is 38.0. The quantitative estimate of drug-likeness (QED) is 0.159. The summed E-state index contributed by atoms with van der Waals surface area (Å²) >= 11 is 1.68. The van der Waals surface area contributed by atoms with Crippen LogP contribution in [0.2, 0.25) is 0 Å². The van der Waals surface area contributed by atoms with Crippen molar-refractivity contribution in [2.75, 3.05) is 40.4 Å². The van der Waals surface area contributed by atoms with Gasteiger partial charge in [0.2, 0.25) is 17.7 Å². The normalized spacial score (nSPS) is 23.7. The third-order valence-corrected chi connectivity index (χ3v) is 14.3. The number of benzene rings is 1. The van der Waals surface area contributed by atoms with Gasteiger partial charge < -0.3 is 29.7 Å². The molecule has 3 aliphatic heterocycles. The van der Waals surface area contributed by atoms with E-state index in [4.69, 9.17) is 14.5 Å². The Bertz CT molecular complexity index is 2370. The highest BCUT2D eigenvalue weighted by Gasteiger charge is 2.41. The Morgan fingerprint density at radius 2 is 1.94 bits per heavy atom. The summed E-state index contributed by atoms with van der Waals surface area (Å²) in [5.74, 6) is -3.03. The number of likely N-dealkylation sites (tertiary alicyclic amines) is 1. The predicted molar refractivity (Wildman–Crippen MR) is 246 cm³/mol. The van der Waals surface area contributed by atoms with E-state index in [1.807, 2.05) is 26.8 Å². The fraction of sp³-hybridized carbons (Fsp3) is 0.510. The lowest BCUT2D eigenvalue weighted by Gasteiger charge is -2.37. The molecule has 6 bridgehead atoms. The number of thiophene rings is 1. The molecular formula is C49H62N6O8S. The van der Waals surface area contributed by atoms with E-state index in [1.54, 1.807) is 48.7 Å². The fourth-order valence-corrected chi connectivity index (χ4v) is 10.9. The Morgan fingerprint density at radius 3 is 2.67 bits per heavy atom. The van der Waals surface area contributed by atoms with Crippen LogP contribution in [0.3, 0.4) is 0 Å². The van der Waals surface area contributed by atoms with Gasteiger partial charge in [-0.25, -0.2) is 5.43 Å². The van der Waals surface area contributed by atoms with E-state index in [2.05, 4.69) is 55.4 Å². The van der Waals surface area contributed by atoms with Gasteiger partial charge in [-0.3, -0.25) is 34.0 Å². The van der Waals surface area contributed by atoms with Crippen LogP contribution >= 0.6 is 11.3 Å². The smallest absolute Gasteiger partial charge is 0.324 e. The Hall–Kier alpha value is -5.38. The van der Waals surface area contributed by atoms with Crippen molar-refractivity contribution in [3.63, 3.8) is 0 Å². The number of carbonyl (C=O) groups excluding carboxylic acids is 5. The molecule has 7 rings (SSSR count). The van der Waals surface area contributed by atoms with Crippen molar-refractivity contribution in [3.05, 3.63) is 83.9 Å². The number of aliphatic hydroxyl groups is 1. The Balaban J connectivity index is 1.24. The maximum absolute atomic E-state index is 14.7. The second-order valence-corrected chi connectivity index (χ2v) is 19.9. The van der Waals surface area contributed by atoms with Gasteiger partial charge in [0.25, 0.3) is 5.91 Å². The molecule has 64 heavy (non-hydrogen) atoms. The van der Waals surface area contributed by atoms with Crippen LogP contribution in [0.25, 0.3) is 26.1 Å². The summed E-state index contributed by atoms with van der Waals surface area (Å²) in [5.41, 5.74) is 7.33. The van der Waals surface area contributed by atoms with Crippen molar-refractivity contribution in [2.24, 2.45) is 23.2 Å². The molecule has 1 aromatic carbocycles. The lowest BCUT2D eigenvalue weighted by atomic mass is 9.83. The minimum Gasteiger partial charge on any atom is -0.508 e. The maximum Gasteiger partial charge on any atom is 0.324 e. The van der Waals surface area contributed by atoms with Crippen molar-refractivity contribution in [3.8, 4) is 10.4 Å². The molecule has 0 spiro atoms. The van der Waals surface area contributed by atoms with Crippen LogP contribution in [0.4, 0.5) is 0 Å². The Kier molecular flexibility index (Phi) is 14.1. The Morgan fingerprint density at radius 1 is 1.16 bits per heavy atom. The molecular weight excluding hydrogens is 833 g/mol. The number of carbonyl (C=O) groups is 5. The van der Waals surface area contributed by atoms with Crippen LogP contribution in [0, 0.1) is 23.2 Å². The summed E-state index contributed by atoms with van der Waals surface area (Å²) in [7, 11) is 3.26. The highest BCUT2D eigenvalue weighted by molar-refractivity contribution is 7.22. The molecule has 0 radical (unpaired) electrons. The van der Waals surface area contributed by atoms with E-state index >= 15 is 0 Å². The summed E-state index contributed by atoms with van der Waals surface area (Å²) < 4.78 is 12.9. The van der Waals surface area contributed by atoms with Crippen LogP contribution in [0.15, 0.2) is 67.1 Å². The van der Waals surface area contributed by atoms with E-state index < -0.39 is 47.2 Å². The standard InChI is InChI=1S/C49H62N6O8S/c1-9-41(57)54-19-16-32(26-54)46(59)53(7)43(28(2)3)45(58)51-39-22-30-20-33(23-34(56)21-30)31-14-15-40-36(24-31)37(44(64-40)35-12-10-17-50-42(35)29(4)62-8)25-49(5,6)27-63-48(61)38-13-11-18-55(52-38)47(39)60/h9-10,12,14-15,17,21,23-24,28-30,32,38-39,43,52,56H,1,11,13,16,18-20,22,25-27H2,2-8H3,(H,51,58)/t29-,30?,32-,38-,39-,43-/m0/s1. The molecule has 342 valence electrons. The summed E-state index contributed by atoms with van der Waals surface area (Å²) in [6, 6.07) is 7.51. The number of ether oxygens (including phenoxy) is 2. The highest BCUT2D eigenvalue weighted by atomic mass is 32.1. The minimum absolute atomic E-state index is 0.0593. The lowest BCUT2D eigenvalue weighted by Crippen LogP contribution is -2.62. The number of esters is 1. The molecule has 5 heterocycles. The van der Waals surface area contributed by atoms with Crippen molar-refractivity contribution in [2.45, 2.75) is 97.4 Å². The van der Waals surface area contributed by atoms with E-state index in [-0.39, 0.29) is 55.1 Å². The third kappa shape index (κ3) is 9.96. The van der Waals surface area contributed by atoms with Crippen molar-refractivity contribution >= 4 is 56.6 Å². The van der Waals surface area contributed by atoms with Gasteiger partial charge in [-0.15, -0.1) is 11.3 Å². The zero-order chi connectivity index (χ0) is 46.0. The molecule has 6 atom stereocenters. The number of rotatable bonds is 9. The molecule has 2 saturated heterocycles. The molecule has 4 aliphatic rings. The second-order valence-electron chi connectivity index (χ2n) is 18.8. The van der Waals surface area contributed by atoms with Gasteiger partial charge in [0.15, 0.2) is 0 Å². The molecule has 3 aromatic rings. The maximum atomic E-state index is 14.7. The number of likely N-dealkylation sites (N-methyl/N-ethyl adjacent to an activating group) is 1. The van der Waals surface area contributed by atoms with E-state index in [0.29, 0.717) is 45.2 Å². The molecule has 1 unspecified atom stereocenters. The van der Waals surface area contributed by atoms with Gasteiger partial charge in [-0.2, -0.15) is 0 Å². The number of methoxy groups -OCH3 is 1. The number of cyclic esters (lactones) is 1. The topological polar surface area (TPSA) is 171 Å². The van der Waals surface area contributed by atoms with Crippen molar-refractivity contribution < 1.29 is 38.6 Å². The number of aliphatic hydroxyl groups excluding tert-OH is 1. The average molecular weight is 895 g/mol. The highest BCUT2D eigenvalue weighted by Crippen LogP contribution is 2.45. The number of allylic oxidation sites excluding steroid dienone is 3. The van der Waals surface area contributed by atoms with Crippen LogP contribution in [-0.2, 0) is 39.9 Å². The Labute approximate surface area is 379 Å². The first-order valence-electron chi connectivity index (χ1n) is 22.4. The molecule has 0 saturated carbocycles. The first-order valence-corrected chi connectivity index (χ1v) is 23.2. The van der Waals surface area contributed by atoms with Gasteiger partial charge in [-0.05, 0) is 116 Å². The fourth-order valence-electron chi connectivity index (χ4n) is 9.63. The van der Waals surface area contributed by atoms with Crippen LogP contribution in [-0.4, -0.2) is 113 Å². The van der Waals surface area contributed by atoms with Crippen LogP contribution in [0.5, 0.6) is 0 Å². The predicted octanol–water partition coefficient (Wildman–Crippen LogP) is 6.53. The van der Waals surface area contributed by atoms with Gasteiger partial charge in [-0.1, -0.05) is 46.4 Å². The second kappa shape index (κ2) is 19.4. The van der Waals surface area contributed by atoms with E-state index in [9.17, 15) is 29.1 Å². The number of hydrogen-bond donors (Lipinski definition) is 3. The lowest BCUT2D eigenvalue weighted by molar-refractivity contribution is -0.155. The summed E-state index contributed by atoms with van der Waals surface area (Å²) in [6.07, 6.45) is 8.87. The molecule has 15 heteroatoms. The largest absolute Gasteiger partial charge is 0.508 e. The average Bonchev–Trinajstić information content (AvgIpc) is 3.91. The number of fused-ring (bicyclic) bond motifs is 6. The van der Waals surface area contributed by atoms with Crippen molar-refractivity contribution in [1.82, 2.24) is 30.5 Å². The first kappa shape index (κ1) is 46.6. The van der Waals surface area contributed by atoms with Crippen molar-refractivity contribution in [1.29, 1.82) is 0 Å². The third-order valence-electron chi connectivity index (χ3n) is 13.0. The molecule has 14 nitrogen and oxygen atoms in total. The number of hydrazine groups is 1. The number of hydrogen-bond acceptors (Lipinski definition) is 11. The number of aromatic nitrogens is 1. The van der Waals surface area contributed by atoms with Crippen LogP contribution < -0.4 is 10.7 Å². The molecule has 4 amide bonds. The van der Waals surface area contributed by atoms with Gasteiger partial charge >= 0.3 is 5.97 Å². The van der Waals surface area contributed by atoms with Crippen LogP contribution in [0.1, 0.15) is 89.6 Å². The summed E-state index contributed by atoms with van der Waals surface area (Å²) in [5, 5.41) is 16.8. The number of pyridine rings is 1. The number of amides is 4. The zero-order valence-corrected chi connectivity index (χ0v) is 38.8. The number of nitrogens with zero attached hydrogens (tertiary/aromatic N) is 4. The van der Waals surface area contributed by atoms with Gasteiger partial charge in [0.1, 0.15) is 23.9 Å².